The zero-order valence-corrected chi connectivity index (χ0v) is 15.2. The molecule has 1 atom stereocenters. The van der Waals surface area contributed by atoms with E-state index in [9.17, 15) is 4.79 Å². The number of nitrogens with one attached hydrogen (secondary N) is 1. The summed E-state index contributed by atoms with van der Waals surface area (Å²) in [6, 6.07) is 15.6. The Labute approximate surface area is 147 Å². The van der Waals surface area contributed by atoms with E-state index < -0.39 is 0 Å². The number of carbonyl (C=O) groups is 1. The van der Waals surface area contributed by atoms with Crippen LogP contribution in [0.2, 0.25) is 5.02 Å². The number of hydrogen-bond donors (Lipinski definition) is 1. The monoisotopic (exact) mass is 347 g/mol. The molecule has 2 rings (SSSR count). The molecule has 4 heteroatoms. The Balaban J connectivity index is 2.10. The van der Waals surface area contributed by atoms with Crippen LogP contribution in [0.5, 0.6) is 0 Å². The zero-order valence-electron chi connectivity index (χ0n) is 13.7. The standard InChI is InChI=1S/C19H22ClNOS/c1-4-18(23-15-11-9-14(20)10-12-15)19(22)21-17-8-6-5-7-16(17)13(2)3/h5-13,18H,4H2,1-3H3,(H,21,22)/t18-/m1/s1. The van der Waals surface area contributed by atoms with Crippen molar-refractivity contribution in [3.8, 4) is 0 Å². The maximum Gasteiger partial charge on any atom is 0.237 e. The van der Waals surface area contributed by atoms with E-state index in [2.05, 4.69) is 25.2 Å². The number of para-hydroxylation sites is 1. The van der Waals surface area contributed by atoms with E-state index in [4.69, 9.17) is 11.6 Å². The van der Waals surface area contributed by atoms with Gasteiger partial charge < -0.3 is 5.32 Å². The van der Waals surface area contributed by atoms with Gasteiger partial charge in [-0.05, 0) is 48.2 Å². The number of carbonyl (C=O) groups excluding carboxylic acids is 1. The SMILES string of the molecule is CC[C@@H](Sc1ccc(Cl)cc1)C(=O)Nc1ccccc1C(C)C. The van der Waals surface area contributed by atoms with Crippen molar-refractivity contribution in [1.82, 2.24) is 0 Å². The van der Waals surface area contributed by atoms with Gasteiger partial charge in [-0.15, -0.1) is 11.8 Å². The Morgan fingerprint density at radius 2 is 1.78 bits per heavy atom. The molecule has 0 aliphatic heterocycles. The second kappa shape index (κ2) is 8.42. The van der Waals surface area contributed by atoms with Gasteiger partial charge >= 0.3 is 0 Å². The first-order valence-corrected chi connectivity index (χ1v) is 9.09. The average Bonchev–Trinajstić information content (AvgIpc) is 2.54. The summed E-state index contributed by atoms with van der Waals surface area (Å²) in [6.45, 7) is 6.29. The molecule has 0 saturated heterocycles. The van der Waals surface area contributed by atoms with Gasteiger partial charge in [-0.2, -0.15) is 0 Å². The summed E-state index contributed by atoms with van der Waals surface area (Å²) in [5.41, 5.74) is 2.06. The third-order valence-electron chi connectivity index (χ3n) is 3.60. The maximum atomic E-state index is 12.6. The fourth-order valence-electron chi connectivity index (χ4n) is 2.33. The molecule has 1 N–H and O–H groups in total. The normalized spacial score (nSPS) is 12.2. The van der Waals surface area contributed by atoms with Crippen LogP contribution in [0.3, 0.4) is 0 Å². The van der Waals surface area contributed by atoms with Gasteiger partial charge in [0.25, 0.3) is 0 Å². The molecule has 0 aliphatic carbocycles. The fourth-order valence-corrected chi connectivity index (χ4v) is 3.41. The predicted molar refractivity (Wildman–Crippen MR) is 101 cm³/mol. The molecule has 0 aromatic heterocycles. The summed E-state index contributed by atoms with van der Waals surface area (Å²) in [5, 5.41) is 3.67. The Morgan fingerprint density at radius 1 is 1.13 bits per heavy atom. The minimum atomic E-state index is -0.128. The first-order chi connectivity index (χ1) is 11.0. The lowest BCUT2D eigenvalue weighted by molar-refractivity contribution is -0.115. The molecule has 0 heterocycles. The van der Waals surface area contributed by atoms with Crippen LogP contribution >= 0.6 is 23.4 Å². The molecule has 23 heavy (non-hydrogen) atoms. The van der Waals surface area contributed by atoms with Gasteiger partial charge in [0.05, 0.1) is 5.25 Å². The molecule has 0 bridgehead atoms. The van der Waals surface area contributed by atoms with Gasteiger partial charge in [0.1, 0.15) is 0 Å². The summed E-state index contributed by atoms with van der Waals surface area (Å²) >= 11 is 7.48. The molecular formula is C19H22ClNOS. The number of halogens is 1. The number of amides is 1. The van der Waals surface area contributed by atoms with Crippen LogP contribution in [0.15, 0.2) is 53.4 Å². The summed E-state index contributed by atoms with van der Waals surface area (Å²) < 4.78 is 0. The van der Waals surface area contributed by atoms with Crippen LogP contribution < -0.4 is 5.32 Å². The topological polar surface area (TPSA) is 29.1 Å². The summed E-state index contributed by atoms with van der Waals surface area (Å²) in [4.78, 5) is 13.7. The van der Waals surface area contributed by atoms with E-state index in [1.807, 2.05) is 49.4 Å². The number of hydrogen-bond acceptors (Lipinski definition) is 2. The Bertz CT molecular complexity index is 655. The number of benzene rings is 2. The Morgan fingerprint density at radius 3 is 2.39 bits per heavy atom. The maximum absolute atomic E-state index is 12.6. The number of anilines is 1. The highest BCUT2D eigenvalue weighted by Gasteiger charge is 2.19. The molecule has 1 amide bonds. The Hall–Kier alpha value is -1.45. The lowest BCUT2D eigenvalue weighted by atomic mass is 10.0. The minimum absolute atomic E-state index is 0.0422. The van der Waals surface area contributed by atoms with Gasteiger partial charge in [0, 0.05) is 15.6 Å². The molecular weight excluding hydrogens is 326 g/mol. The van der Waals surface area contributed by atoms with Gasteiger partial charge in [0.15, 0.2) is 0 Å². The van der Waals surface area contributed by atoms with E-state index in [1.54, 1.807) is 11.8 Å². The van der Waals surface area contributed by atoms with Gasteiger partial charge in [-0.25, -0.2) is 0 Å². The quantitative estimate of drug-likeness (QED) is 0.652. The highest BCUT2D eigenvalue weighted by molar-refractivity contribution is 8.00. The van der Waals surface area contributed by atoms with E-state index >= 15 is 0 Å². The second-order valence-corrected chi connectivity index (χ2v) is 7.41. The number of rotatable bonds is 6. The lowest BCUT2D eigenvalue weighted by Gasteiger charge is -2.18. The van der Waals surface area contributed by atoms with Crippen LogP contribution in [-0.2, 0) is 4.79 Å². The highest BCUT2D eigenvalue weighted by atomic mass is 35.5. The van der Waals surface area contributed by atoms with Crippen LogP contribution in [0.1, 0.15) is 38.7 Å². The van der Waals surface area contributed by atoms with Crippen LogP contribution in [-0.4, -0.2) is 11.2 Å². The molecule has 0 saturated carbocycles. The smallest absolute Gasteiger partial charge is 0.237 e. The Kier molecular flexibility index (Phi) is 6.55. The van der Waals surface area contributed by atoms with E-state index in [-0.39, 0.29) is 11.2 Å². The molecule has 0 spiro atoms. The first-order valence-electron chi connectivity index (χ1n) is 7.83. The van der Waals surface area contributed by atoms with Crippen molar-refractivity contribution >= 4 is 35.0 Å². The van der Waals surface area contributed by atoms with Gasteiger partial charge in [0.2, 0.25) is 5.91 Å². The highest BCUT2D eigenvalue weighted by Crippen LogP contribution is 2.29. The summed E-state index contributed by atoms with van der Waals surface area (Å²) in [5.74, 6) is 0.413. The van der Waals surface area contributed by atoms with Crippen LogP contribution in [0, 0.1) is 0 Å². The molecule has 122 valence electrons. The van der Waals surface area contributed by atoms with Crippen molar-refractivity contribution in [2.45, 2.75) is 43.3 Å². The third-order valence-corrected chi connectivity index (χ3v) is 5.22. The van der Waals surface area contributed by atoms with Crippen molar-refractivity contribution < 1.29 is 4.79 Å². The summed E-state index contributed by atoms with van der Waals surface area (Å²) in [7, 11) is 0. The fraction of sp³-hybridized carbons (Fsp3) is 0.316. The summed E-state index contributed by atoms with van der Waals surface area (Å²) in [6.07, 6.45) is 0.767. The molecule has 0 radical (unpaired) electrons. The average molecular weight is 348 g/mol. The van der Waals surface area contributed by atoms with Crippen molar-refractivity contribution in [3.05, 3.63) is 59.1 Å². The van der Waals surface area contributed by atoms with Gasteiger partial charge in [-0.3, -0.25) is 4.79 Å². The largest absolute Gasteiger partial charge is 0.325 e. The van der Waals surface area contributed by atoms with Crippen LogP contribution in [0.25, 0.3) is 0 Å². The lowest BCUT2D eigenvalue weighted by Crippen LogP contribution is -2.25. The zero-order chi connectivity index (χ0) is 16.8. The van der Waals surface area contributed by atoms with E-state index in [1.165, 1.54) is 0 Å². The van der Waals surface area contributed by atoms with Crippen molar-refractivity contribution in [2.24, 2.45) is 0 Å². The first kappa shape index (κ1) is 17.9. The van der Waals surface area contributed by atoms with Crippen molar-refractivity contribution in [1.29, 1.82) is 0 Å². The molecule has 0 unspecified atom stereocenters. The predicted octanol–water partition coefficient (Wildman–Crippen LogP) is 5.97. The third kappa shape index (κ3) is 5.02. The minimum Gasteiger partial charge on any atom is -0.325 e. The molecule has 0 aliphatic rings. The molecule has 0 fully saturated rings. The van der Waals surface area contributed by atoms with Crippen LogP contribution in [0.4, 0.5) is 5.69 Å². The number of thioether (sulfide) groups is 1. The van der Waals surface area contributed by atoms with E-state index in [0.29, 0.717) is 10.9 Å². The van der Waals surface area contributed by atoms with Crippen molar-refractivity contribution in [2.75, 3.05) is 5.32 Å². The molecule has 2 aromatic carbocycles. The second-order valence-electron chi connectivity index (χ2n) is 5.70. The molecule has 2 aromatic rings. The van der Waals surface area contributed by atoms with Crippen molar-refractivity contribution in [3.63, 3.8) is 0 Å². The molecule has 2 nitrogen and oxygen atoms in total. The van der Waals surface area contributed by atoms with Gasteiger partial charge in [-0.1, -0.05) is 50.6 Å². The van der Waals surface area contributed by atoms with E-state index in [0.717, 1.165) is 22.6 Å².